The van der Waals surface area contributed by atoms with Crippen molar-refractivity contribution in [2.75, 3.05) is 6.54 Å². The number of aryl methyl sites for hydroxylation is 1. The van der Waals surface area contributed by atoms with Crippen molar-refractivity contribution < 1.29 is 18.4 Å². The molecule has 0 bridgehead atoms. The number of amides is 1. The summed E-state index contributed by atoms with van der Waals surface area (Å²) in [6, 6.07) is 7.63. The number of hydrogen-bond donors (Lipinski definition) is 1. The molecule has 1 aromatic carbocycles. The molecule has 10 nitrogen and oxygen atoms in total. The molecule has 0 saturated heterocycles. The maximum absolute atomic E-state index is 12.8. The number of ether oxygens (including phenoxy) is 1. The summed E-state index contributed by atoms with van der Waals surface area (Å²) in [4.78, 5) is 19.5. The van der Waals surface area contributed by atoms with Gasteiger partial charge in [-0.25, -0.2) is 4.98 Å². The Hall–Kier alpha value is -4.21. The van der Waals surface area contributed by atoms with E-state index < -0.39 is 0 Å². The van der Waals surface area contributed by atoms with Crippen molar-refractivity contribution in [1.82, 2.24) is 30.5 Å². The van der Waals surface area contributed by atoms with Crippen molar-refractivity contribution in [3.8, 4) is 17.1 Å². The van der Waals surface area contributed by atoms with Gasteiger partial charge in [-0.2, -0.15) is 5.21 Å². The largest absolute Gasteiger partial charge is 0.486 e. The lowest BCUT2D eigenvalue weighted by atomic mass is 9.89. The fourth-order valence-corrected chi connectivity index (χ4v) is 5.24. The third kappa shape index (κ3) is 5.11. The fourth-order valence-electron chi connectivity index (χ4n) is 5.24. The first-order valence-corrected chi connectivity index (χ1v) is 13.1. The Morgan fingerprint density at radius 3 is 2.92 bits per heavy atom. The Labute approximate surface area is 220 Å². The van der Waals surface area contributed by atoms with Crippen LogP contribution in [-0.2, 0) is 24.4 Å². The van der Waals surface area contributed by atoms with E-state index in [1.807, 2.05) is 30.0 Å². The maximum Gasteiger partial charge on any atom is 0.246 e. The minimum atomic E-state index is -0.0646. The zero-order chi connectivity index (χ0) is 25.9. The molecular weight excluding hydrogens is 484 g/mol. The summed E-state index contributed by atoms with van der Waals surface area (Å²) in [5, 5.41) is 14.6. The molecular formula is C28H30N6O4. The minimum absolute atomic E-state index is 0.0646. The van der Waals surface area contributed by atoms with Crippen LogP contribution in [0.15, 0.2) is 45.4 Å². The summed E-state index contributed by atoms with van der Waals surface area (Å²) < 4.78 is 17.6. The van der Waals surface area contributed by atoms with E-state index >= 15 is 0 Å². The summed E-state index contributed by atoms with van der Waals surface area (Å²) in [7, 11) is 0. The average molecular weight is 515 g/mol. The van der Waals surface area contributed by atoms with Gasteiger partial charge in [0.2, 0.25) is 11.7 Å². The van der Waals surface area contributed by atoms with Crippen LogP contribution in [0, 0.1) is 6.92 Å². The number of hydrogen-bond acceptors (Lipinski definition) is 8. The number of aromatic amines is 1. The SMILES string of the molecule is Cc1oc(C2CCCCC2)nc1COc1cc2c(cc1-c1nn[nH]n1)CCN(C(=O)/C=C/c1ccco1)C2. The number of rotatable bonds is 7. The van der Waals surface area contributed by atoms with Crippen LogP contribution in [0.25, 0.3) is 17.5 Å². The zero-order valence-electron chi connectivity index (χ0n) is 21.4. The summed E-state index contributed by atoms with van der Waals surface area (Å²) in [5.41, 5.74) is 3.71. The highest BCUT2D eigenvalue weighted by Gasteiger charge is 2.25. The lowest BCUT2D eigenvalue weighted by Crippen LogP contribution is -2.34. The van der Waals surface area contributed by atoms with Crippen molar-refractivity contribution in [2.45, 2.75) is 64.5 Å². The lowest BCUT2D eigenvalue weighted by molar-refractivity contribution is -0.126. The van der Waals surface area contributed by atoms with Gasteiger partial charge in [-0.1, -0.05) is 19.3 Å². The number of fused-ring (bicyclic) bond motifs is 1. The topological polar surface area (TPSA) is 123 Å². The summed E-state index contributed by atoms with van der Waals surface area (Å²) in [6.07, 6.45) is 11.5. The molecule has 0 atom stereocenters. The van der Waals surface area contributed by atoms with Crippen LogP contribution in [-0.4, -0.2) is 43.0 Å². The second kappa shape index (κ2) is 10.6. The van der Waals surface area contributed by atoms with E-state index in [1.165, 1.54) is 19.3 Å². The molecule has 10 heteroatoms. The van der Waals surface area contributed by atoms with E-state index in [2.05, 4.69) is 20.6 Å². The Morgan fingerprint density at radius 1 is 1.24 bits per heavy atom. The fraction of sp³-hybridized carbons (Fsp3) is 0.393. The smallest absolute Gasteiger partial charge is 0.246 e. The number of benzene rings is 1. The van der Waals surface area contributed by atoms with Crippen LogP contribution in [0.2, 0.25) is 0 Å². The van der Waals surface area contributed by atoms with E-state index in [4.69, 9.17) is 18.6 Å². The normalized spacial score (nSPS) is 16.2. The first-order chi connectivity index (χ1) is 18.6. The molecule has 38 heavy (non-hydrogen) atoms. The molecule has 1 amide bonds. The van der Waals surface area contributed by atoms with Crippen molar-refractivity contribution in [3.63, 3.8) is 0 Å². The molecule has 1 aliphatic heterocycles. The number of nitrogens with one attached hydrogen (secondary N) is 1. The number of nitrogens with zero attached hydrogens (tertiary/aromatic N) is 5. The van der Waals surface area contributed by atoms with Crippen molar-refractivity contribution in [1.29, 1.82) is 0 Å². The summed E-state index contributed by atoms with van der Waals surface area (Å²) in [6.45, 7) is 3.29. The number of aromatic nitrogens is 5. The molecule has 4 aromatic rings. The van der Waals surface area contributed by atoms with Gasteiger partial charge < -0.3 is 18.5 Å². The average Bonchev–Trinajstić information content (AvgIpc) is 3.73. The molecule has 1 saturated carbocycles. The standard InChI is InChI=1S/C28H30N6O4/c1-18-24(29-28(38-18)19-6-3-2-4-7-19)17-37-25-15-21-16-34(26(35)10-9-22-8-5-13-36-22)12-11-20(21)14-23(25)27-30-32-33-31-27/h5,8-10,13-15,19H,2-4,6-7,11-12,16-17H2,1H3,(H,30,31,32,33)/b10-9+. The van der Waals surface area contributed by atoms with Crippen LogP contribution in [0.1, 0.15) is 72.3 Å². The summed E-state index contributed by atoms with van der Waals surface area (Å²) >= 11 is 0. The van der Waals surface area contributed by atoms with Crippen LogP contribution < -0.4 is 4.74 Å². The van der Waals surface area contributed by atoms with Crippen LogP contribution in [0.3, 0.4) is 0 Å². The van der Waals surface area contributed by atoms with Gasteiger partial charge in [-0.05, 0) is 72.9 Å². The third-order valence-corrected chi connectivity index (χ3v) is 7.37. The van der Waals surface area contributed by atoms with Crippen molar-refractivity contribution >= 4 is 12.0 Å². The zero-order valence-corrected chi connectivity index (χ0v) is 21.4. The van der Waals surface area contributed by atoms with E-state index in [1.54, 1.807) is 24.5 Å². The molecule has 196 valence electrons. The van der Waals surface area contributed by atoms with Gasteiger partial charge in [0.15, 0.2) is 5.89 Å². The highest BCUT2D eigenvalue weighted by molar-refractivity contribution is 5.91. The van der Waals surface area contributed by atoms with Gasteiger partial charge in [0, 0.05) is 25.1 Å². The predicted octanol–water partition coefficient (Wildman–Crippen LogP) is 4.98. The maximum atomic E-state index is 12.8. The van der Waals surface area contributed by atoms with E-state index in [-0.39, 0.29) is 12.5 Å². The molecule has 0 radical (unpaired) electrons. The second-order valence-corrected chi connectivity index (χ2v) is 9.89. The minimum Gasteiger partial charge on any atom is -0.486 e. The first-order valence-electron chi connectivity index (χ1n) is 13.1. The predicted molar refractivity (Wildman–Crippen MR) is 138 cm³/mol. The molecule has 0 unspecified atom stereocenters. The third-order valence-electron chi connectivity index (χ3n) is 7.37. The Kier molecular flexibility index (Phi) is 6.76. The van der Waals surface area contributed by atoms with Gasteiger partial charge >= 0.3 is 0 Å². The number of carbonyl (C=O) groups is 1. The molecule has 4 heterocycles. The van der Waals surface area contributed by atoms with E-state index in [0.717, 1.165) is 46.9 Å². The van der Waals surface area contributed by atoms with Gasteiger partial charge in [-0.15, -0.1) is 10.2 Å². The first kappa shape index (κ1) is 24.1. The molecule has 3 aromatic heterocycles. The van der Waals surface area contributed by atoms with Crippen molar-refractivity contribution in [3.05, 3.63) is 70.8 Å². The number of carbonyl (C=O) groups excluding carboxylic acids is 1. The molecule has 2 aliphatic rings. The van der Waals surface area contributed by atoms with Crippen LogP contribution >= 0.6 is 0 Å². The number of tetrazole rings is 1. The van der Waals surface area contributed by atoms with Crippen LogP contribution in [0.4, 0.5) is 0 Å². The molecule has 6 rings (SSSR count). The summed E-state index contributed by atoms with van der Waals surface area (Å²) in [5.74, 6) is 3.65. The van der Waals surface area contributed by atoms with E-state index in [0.29, 0.717) is 42.8 Å². The Balaban J connectivity index is 1.22. The Bertz CT molecular complexity index is 1420. The van der Waals surface area contributed by atoms with Gasteiger partial charge in [0.1, 0.15) is 29.6 Å². The molecule has 0 spiro atoms. The molecule has 1 aliphatic carbocycles. The number of furan rings is 1. The monoisotopic (exact) mass is 514 g/mol. The van der Waals surface area contributed by atoms with Crippen LogP contribution in [0.5, 0.6) is 5.75 Å². The van der Waals surface area contributed by atoms with Gasteiger partial charge in [0.25, 0.3) is 0 Å². The second-order valence-electron chi connectivity index (χ2n) is 9.89. The molecule has 1 fully saturated rings. The number of oxazole rings is 1. The van der Waals surface area contributed by atoms with Crippen molar-refractivity contribution in [2.24, 2.45) is 0 Å². The highest BCUT2D eigenvalue weighted by Crippen LogP contribution is 2.35. The Morgan fingerprint density at radius 2 is 2.13 bits per heavy atom. The van der Waals surface area contributed by atoms with Gasteiger partial charge in [0.05, 0.1) is 11.8 Å². The number of H-pyrrole nitrogens is 1. The highest BCUT2D eigenvalue weighted by atomic mass is 16.5. The quantitative estimate of drug-likeness (QED) is 0.343. The van der Waals surface area contributed by atoms with E-state index in [9.17, 15) is 4.79 Å². The van der Waals surface area contributed by atoms with Gasteiger partial charge in [-0.3, -0.25) is 4.79 Å². The molecule has 1 N–H and O–H groups in total. The lowest BCUT2D eigenvalue weighted by Gasteiger charge is -2.29.